The van der Waals surface area contributed by atoms with E-state index in [0.717, 1.165) is 58.6 Å². The third kappa shape index (κ3) is 4.60. The quantitative estimate of drug-likeness (QED) is 0.363. The first kappa shape index (κ1) is 21.5. The Morgan fingerprint density at radius 1 is 1.12 bits per heavy atom. The van der Waals surface area contributed by atoms with Gasteiger partial charge in [-0.05, 0) is 48.9 Å². The molecule has 3 N–H and O–H groups in total. The third-order valence-electron chi connectivity index (χ3n) is 5.03. The number of carbonyl (C=O) groups is 1. The molecule has 8 heteroatoms. The lowest BCUT2D eigenvalue weighted by Crippen LogP contribution is -2.13. The van der Waals surface area contributed by atoms with Crippen LogP contribution in [0, 0.1) is 0 Å². The van der Waals surface area contributed by atoms with Crippen molar-refractivity contribution in [2.75, 3.05) is 19.0 Å². The summed E-state index contributed by atoms with van der Waals surface area (Å²) in [6.45, 7) is 5.31. The third-order valence-corrected chi connectivity index (χ3v) is 5.03. The van der Waals surface area contributed by atoms with Gasteiger partial charge in [0, 0.05) is 31.4 Å². The number of pyridine rings is 3. The average Bonchev–Trinajstić information content (AvgIpc) is 3.18. The number of aromatic nitrogens is 4. The largest absolute Gasteiger partial charge is 0.495 e. The highest BCUT2D eigenvalue weighted by molar-refractivity contribution is 6.01. The van der Waals surface area contributed by atoms with Crippen molar-refractivity contribution in [2.24, 2.45) is 0 Å². The molecule has 1 amide bonds. The first-order valence-corrected chi connectivity index (χ1v) is 10.5. The maximum absolute atomic E-state index is 11.5. The second-order valence-corrected chi connectivity index (χ2v) is 7.49. The number of amides is 1. The zero-order valence-electron chi connectivity index (χ0n) is 18.4. The summed E-state index contributed by atoms with van der Waals surface area (Å²) in [5.74, 6) is 0.998. The molecule has 0 radical (unpaired) electrons. The fourth-order valence-electron chi connectivity index (χ4n) is 3.57. The van der Waals surface area contributed by atoms with Gasteiger partial charge in [0.1, 0.15) is 11.6 Å². The highest BCUT2D eigenvalue weighted by atomic mass is 16.5. The smallest absolute Gasteiger partial charge is 0.222 e. The van der Waals surface area contributed by atoms with E-state index in [4.69, 9.17) is 9.72 Å². The first-order valence-electron chi connectivity index (χ1n) is 10.5. The number of H-pyrrole nitrogens is 1. The Kier molecular flexibility index (Phi) is 6.42. The van der Waals surface area contributed by atoms with Crippen LogP contribution in [-0.4, -0.2) is 39.5 Å². The number of nitrogens with zero attached hydrogens (tertiary/aromatic N) is 3. The molecule has 4 aromatic heterocycles. The summed E-state index contributed by atoms with van der Waals surface area (Å²) in [6.07, 6.45) is 6.33. The van der Waals surface area contributed by atoms with Crippen LogP contribution in [0.4, 0.5) is 5.82 Å². The van der Waals surface area contributed by atoms with Crippen LogP contribution in [-0.2, 0) is 11.3 Å². The zero-order valence-corrected chi connectivity index (χ0v) is 18.4. The predicted molar refractivity (Wildman–Crippen MR) is 125 cm³/mol. The van der Waals surface area contributed by atoms with E-state index >= 15 is 0 Å². The summed E-state index contributed by atoms with van der Waals surface area (Å²) in [5, 5.41) is 6.15. The molecule has 4 aromatic rings. The van der Waals surface area contributed by atoms with Gasteiger partial charge in [-0.25, -0.2) is 4.98 Å². The van der Waals surface area contributed by atoms with Crippen molar-refractivity contribution in [3.05, 3.63) is 54.5 Å². The van der Waals surface area contributed by atoms with Crippen molar-refractivity contribution in [1.29, 1.82) is 0 Å². The van der Waals surface area contributed by atoms with Gasteiger partial charge in [-0.15, -0.1) is 0 Å². The van der Waals surface area contributed by atoms with Crippen molar-refractivity contribution in [1.82, 2.24) is 25.3 Å². The summed E-state index contributed by atoms with van der Waals surface area (Å²) in [7, 11) is 1.62. The molecule has 4 rings (SSSR count). The van der Waals surface area contributed by atoms with Gasteiger partial charge in [-0.2, -0.15) is 0 Å². The Labute approximate surface area is 186 Å². The number of aromatic amines is 1. The van der Waals surface area contributed by atoms with E-state index in [9.17, 15) is 4.79 Å². The van der Waals surface area contributed by atoms with Crippen LogP contribution in [0.25, 0.3) is 33.5 Å². The van der Waals surface area contributed by atoms with Crippen molar-refractivity contribution in [3.8, 4) is 28.3 Å². The Balaban J connectivity index is 1.84. The summed E-state index contributed by atoms with van der Waals surface area (Å²) in [4.78, 5) is 28.6. The second-order valence-electron chi connectivity index (χ2n) is 7.49. The Hall–Kier alpha value is -3.78. The molecule has 0 spiro atoms. The molecule has 32 heavy (non-hydrogen) atoms. The number of fused-ring (bicyclic) bond motifs is 1. The minimum atomic E-state index is -0.172. The van der Waals surface area contributed by atoms with E-state index in [2.05, 4.69) is 38.6 Å². The van der Waals surface area contributed by atoms with E-state index in [-0.39, 0.29) is 5.91 Å². The maximum atomic E-state index is 11.5. The summed E-state index contributed by atoms with van der Waals surface area (Å²) in [5.41, 5.74) is 6.24. The van der Waals surface area contributed by atoms with Crippen LogP contribution in [0.2, 0.25) is 0 Å². The highest BCUT2D eigenvalue weighted by Gasteiger charge is 2.18. The minimum absolute atomic E-state index is 0.172. The maximum Gasteiger partial charge on any atom is 0.222 e. The summed E-state index contributed by atoms with van der Waals surface area (Å²) < 4.78 is 5.26. The van der Waals surface area contributed by atoms with E-state index in [1.165, 1.54) is 6.92 Å². The molecule has 0 saturated carbocycles. The molecular weight excluding hydrogens is 404 g/mol. The molecule has 0 aliphatic heterocycles. The van der Waals surface area contributed by atoms with Gasteiger partial charge in [-0.1, -0.05) is 6.92 Å². The molecule has 0 bridgehead atoms. The number of hydrogen-bond donors (Lipinski definition) is 3. The average molecular weight is 431 g/mol. The summed E-state index contributed by atoms with van der Waals surface area (Å²) >= 11 is 0. The SMILES string of the molecule is CCCNCc1cnc2c(-c3ccc(OC)cn3)c(-c3ccnc(NC(C)=O)c3)[nH]c2c1. The topological polar surface area (TPSA) is 105 Å². The van der Waals surface area contributed by atoms with Gasteiger partial charge in [-0.3, -0.25) is 14.8 Å². The molecule has 4 heterocycles. The van der Waals surface area contributed by atoms with Crippen LogP contribution < -0.4 is 15.4 Å². The molecule has 0 aromatic carbocycles. The standard InChI is InChI=1S/C24H26N6O2/c1-4-8-25-12-16-10-20-24(28-13-16)22(19-6-5-18(32-3)14-27-19)23(30-20)17-7-9-26-21(11-17)29-15(2)31/h5-7,9-11,13-14,25,30H,4,8,12H2,1-3H3,(H,26,29,31). The number of hydrogen-bond acceptors (Lipinski definition) is 6. The first-order chi connectivity index (χ1) is 15.6. The molecule has 0 unspecified atom stereocenters. The number of anilines is 1. The van der Waals surface area contributed by atoms with Crippen molar-refractivity contribution >= 4 is 22.8 Å². The molecule has 0 aliphatic carbocycles. The lowest BCUT2D eigenvalue weighted by molar-refractivity contribution is -0.114. The minimum Gasteiger partial charge on any atom is -0.495 e. The van der Waals surface area contributed by atoms with Gasteiger partial charge in [0.25, 0.3) is 0 Å². The van der Waals surface area contributed by atoms with E-state index in [0.29, 0.717) is 11.6 Å². The van der Waals surface area contributed by atoms with Gasteiger partial charge < -0.3 is 20.4 Å². The molecule has 0 atom stereocenters. The number of carbonyl (C=O) groups excluding carboxylic acids is 1. The Morgan fingerprint density at radius 2 is 2.00 bits per heavy atom. The van der Waals surface area contributed by atoms with E-state index < -0.39 is 0 Å². The van der Waals surface area contributed by atoms with Crippen molar-refractivity contribution in [3.63, 3.8) is 0 Å². The number of nitrogens with one attached hydrogen (secondary N) is 3. The van der Waals surface area contributed by atoms with Gasteiger partial charge in [0.15, 0.2) is 0 Å². The zero-order chi connectivity index (χ0) is 22.5. The van der Waals surface area contributed by atoms with Crippen LogP contribution in [0.3, 0.4) is 0 Å². The normalized spacial score (nSPS) is 11.0. The fraction of sp³-hybridized carbons (Fsp3) is 0.250. The molecule has 0 fully saturated rings. The monoisotopic (exact) mass is 430 g/mol. The van der Waals surface area contributed by atoms with Crippen LogP contribution in [0.5, 0.6) is 5.75 Å². The molecule has 0 aliphatic rings. The number of methoxy groups -OCH3 is 1. The van der Waals surface area contributed by atoms with E-state index in [1.54, 1.807) is 19.5 Å². The Morgan fingerprint density at radius 3 is 2.72 bits per heavy atom. The number of rotatable bonds is 8. The Bertz CT molecular complexity index is 1230. The van der Waals surface area contributed by atoms with Crippen LogP contribution in [0.15, 0.2) is 48.9 Å². The molecule has 0 saturated heterocycles. The lowest BCUT2D eigenvalue weighted by Gasteiger charge is -2.07. The van der Waals surface area contributed by atoms with Crippen LogP contribution >= 0.6 is 0 Å². The van der Waals surface area contributed by atoms with Gasteiger partial charge >= 0.3 is 0 Å². The molecule has 8 nitrogen and oxygen atoms in total. The number of ether oxygens (including phenoxy) is 1. The van der Waals surface area contributed by atoms with Crippen molar-refractivity contribution < 1.29 is 9.53 Å². The van der Waals surface area contributed by atoms with Gasteiger partial charge in [0.2, 0.25) is 5.91 Å². The predicted octanol–water partition coefficient (Wildman–Crippen LogP) is 4.15. The lowest BCUT2D eigenvalue weighted by atomic mass is 10.0. The van der Waals surface area contributed by atoms with E-state index in [1.807, 2.05) is 30.5 Å². The highest BCUT2D eigenvalue weighted by Crippen LogP contribution is 2.37. The van der Waals surface area contributed by atoms with Crippen molar-refractivity contribution in [2.45, 2.75) is 26.8 Å². The van der Waals surface area contributed by atoms with Gasteiger partial charge in [0.05, 0.1) is 41.3 Å². The summed E-state index contributed by atoms with van der Waals surface area (Å²) in [6, 6.07) is 9.63. The fourth-order valence-corrected chi connectivity index (χ4v) is 3.57. The second kappa shape index (κ2) is 9.57. The molecular formula is C24H26N6O2. The molecule has 164 valence electrons. The van der Waals surface area contributed by atoms with Crippen LogP contribution in [0.1, 0.15) is 25.8 Å².